The van der Waals surface area contributed by atoms with Crippen LogP contribution in [0.5, 0.6) is 0 Å². The largest absolute Gasteiger partial charge is 0.377 e. The molecule has 0 aliphatic carbocycles. The summed E-state index contributed by atoms with van der Waals surface area (Å²) in [4.78, 5) is 7.02. The number of hydrogen-bond donors (Lipinski definition) is 1. The third-order valence-corrected chi connectivity index (χ3v) is 4.17. The highest BCUT2D eigenvalue weighted by atomic mass is 79.9. The molecule has 0 radical (unpaired) electrons. The highest BCUT2D eigenvalue weighted by Gasteiger charge is 2.24. The second-order valence-corrected chi connectivity index (χ2v) is 5.72. The van der Waals surface area contributed by atoms with E-state index in [2.05, 4.69) is 50.2 Å². The van der Waals surface area contributed by atoms with E-state index in [4.69, 9.17) is 4.74 Å². The van der Waals surface area contributed by atoms with Crippen molar-refractivity contribution in [3.8, 4) is 0 Å². The molecule has 1 aliphatic rings. The molecule has 0 aromatic carbocycles. The van der Waals surface area contributed by atoms with Gasteiger partial charge >= 0.3 is 0 Å². The molecular weight excluding hydrogens is 306 g/mol. The average Bonchev–Trinajstić information content (AvgIpc) is 2.43. The maximum Gasteiger partial charge on any atom is 0.129 e. The SMILES string of the molecule is CCCNCC1COCCN1c1ccc(Br)c(C)n1. The number of morpholine rings is 1. The predicted molar refractivity (Wildman–Crippen MR) is 81.8 cm³/mol. The molecule has 1 fully saturated rings. The number of aromatic nitrogens is 1. The summed E-state index contributed by atoms with van der Waals surface area (Å²) in [5.41, 5.74) is 1.03. The molecule has 2 rings (SSSR count). The zero-order valence-electron chi connectivity index (χ0n) is 11.7. The number of anilines is 1. The second-order valence-electron chi connectivity index (χ2n) is 4.86. The molecule has 2 heterocycles. The first kappa shape index (κ1) is 14.8. The first-order valence-corrected chi connectivity index (χ1v) is 7.70. The van der Waals surface area contributed by atoms with E-state index in [1.54, 1.807) is 0 Å². The zero-order chi connectivity index (χ0) is 13.7. The van der Waals surface area contributed by atoms with E-state index in [9.17, 15) is 0 Å². The van der Waals surface area contributed by atoms with E-state index >= 15 is 0 Å². The molecule has 1 saturated heterocycles. The van der Waals surface area contributed by atoms with Crippen LogP contribution in [-0.2, 0) is 4.74 Å². The van der Waals surface area contributed by atoms with Crippen LogP contribution in [0, 0.1) is 6.92 Å². The van der Waals surface area contributed by atoms with Crippen molar-refractivity contribution in [1.29, 1.82) is 0 Å². The van der Waals surface area contributed by atoms with Gasteiger partial charge in [-0.25, -0.2) is 4.98 Å². The van der Waals surface area contributed by atoms with Crippen molar-refractivity contribution in [2.45, 2.75) is 26.3 Å². The van der Waals surface area contributed by atoms with Crippen molar-refractivity contribution in [3.05, 3.63) is 22.3 Å². The monoisotopic (exact) mass is 327 g/mol. The molecule has 0 amide bonds. The summed E-state index contributed by atoms with van der Waals surface area (Å²) in [5.74, 6) is 1.05. The van der Waals surface area contributed by atoms with Gasteiger partial charge in [0.25, 0.3) is 0 Å². The van der Waals surface area contributed by atoms with Gasteiger partial charge in [-0.1, -0.05) is 6.92 Å². The van der Waals surface area contributed by atoms with Gasteiger partial charge in [0, 0.05) is 17.6 Å². The minimum Gasteiger partial charge on any atom is -0.377 e. The fourth-order valence-corrected chi connectivity index (χ4v) is 2.48. The maximum atomic E-state index is 5.60. The Kier molecular flexibility index (Phi) is 5.60. The van der Waals surface area contributed by atoms with Crippen LogP contribution in [0.25, 0.3) is 0 Å². The van der Waals surface area contributed by atoms with Crippen molar-refractivity contribution in [1.82, 2.24) is 10.3 Å². The van der Waals surface area contributed by atoms with Gasteiger partial charge in [-0.2, -0.15) is 0 Å². The lowest BCUT2D eigenvalue weighted by Crippen LogP contribution is -2.51. The van der Waals surface area contributed by atoms with E-state index in [0.717, 1.165) is 55.3 Å². The number of aryl methyl sites for hydroxylation is 1. The molecule has 0 bridgehead atoms. The Labute approximate surface area is 123 Å². The molecule has 106 valence electrons. The topological polar surface area (TPSA) is 37.4 Å². The Balaban J connectivity index is 2.07. The summed E-state index contributed by atoms with van der Waals surface area (Å²) in [6.07, 6.45) is 1.16. The minimum absolute atomic E-state index is 0.369. The molecule has 1 atom stereocenters. The lowest BCUT2D eigenvalue weighted by atomic mass is 10.2. The summed E-state index contributed by atoms with van der Waals surface area (Å²) >= 11 is 3.50. The fourth-order valence-electron chi connectivity index (χ4n) is 2.26. The maximum absolute atomic E-state index is 5.60. The first-order valence-electron chi connectivity index (χ1n) is 6.90. The number of pyridine rings is 1. The smallest absolute Gasteiger partial charge is 0.129 e. The van der Waals surface area contributed by atoms with Crippen molar-refractivity contribution < 1.29 is 4.74 Å². The number of halogens is 1. The van der Waals surface area contributed by atoms with Crippen LogP contribution in [0.1, 0.15) is 19.0 Å². The molecular formula is C14H22BrN3O. The second kappa shape index (κ2) is 7.22. The molecule has 0 saturated carbocycles. The Morgan fingerprint density at radius 1 is 1.53 bits per heavy atom. The number of ether oxygens (including phenoxy) is 1. The van der Waals surface area contributed by atoms with Gasteiger partial charge in [0.1, 0.15) is 5.82 Å². The Morgan fingerprint density at radius 3 is 3.11 bits per heavy atom. The van der Waals surface area contributed by atoms with Crippen molar-refractivity contribution in [2.75, 3.05) is 37.7 Å². The lowest BCUT2D eigenvalue weighted by molar-refractivity contribution is 0.0934. The van der Waals surface area contributed by atoms with Gasteiger partial charge < -0.3 is 15.0 Å². The van der Waals surface area contributed by atoms with Crippen molar-refractivity contribution >= 4 is 21.7 Å². The van der Waals surface area contributed by atoms with Gasteiger partial charge in [0.15, 0.2) is 0 Å². The normalized spacial score (nSPS) is 19.7. The van der Waals surface area contributed by atoms with Crippen LogP contribution in [-0.4, -0.2) is 43.9 Å². The van der Waals surface area contributed by atoms with Gasteiger partial charge in [-0.05, 0) is 48.0 Å². The predicted octanol–water partition coefficient (Wildman–Crippen LogP) is 2.36. The van der Waals surface area contributed by atoms with Gasteiger partial charge in [-0.15, -0.1) is 0 Å². The Hall–Kier alpha value is -0.650. The van der Waals surface area contributed by atoms with Gasteiger partial charge in [0.05, 0.1) is 24.9 Å². The highest BCUT2D eigenvalue weighted by molar-refractivity contribution is 9.10. The van der Waals surface area contributed by atoms with Crippen LogP contribution in [0.4, 0.5) is 5.82 Å². The summed E-state index contributed by atoms with van der Waals surface area (Å²) in [6, 6.07) is 4.52. The van der Waals surface area contributed by atoms with Crippen molar-refractivity contribution in [3.63, 3.8) is 0 Å². The fraction of sp³-hybridized carbons (Fsp3) is 0.643. The van der Waals surface area contributed by atoms with Crippen LogP contribution < -0.4 is 10.2 Å². The molecule has 1 unspecified atom stereocenters. The van der Waals surface area contributed by atoms with Gasteiger partial charge in [-0.3, -0.25) is 0 Å². The molecule has 0 spiro atoms. The van der Waals surface area contributed by atoms with E-state index in [1.165, 1.54) is 0 Å². The summed E-state index contributed by atoms with van der Waals surface area (Å²) in [7, 11) is 0. The molecule has 4 nitrogen and oxygen atoms in total. The van der Waals surface area contributed by atoms with Crippen LogP contribution in [0.15, 0.2) is 16.6 Å². The highest BCUT2D eigenvalue weighted by Crippen LogP contribution is 2.22. The van der Waals surface area contributed by atoms with Crippen LogP contribution >= 0.6 is 15.9 Å². The van der Waals surface area contributed by atoms with Crippen LogP contribution in [0.3, 0.4) is 0 Å². The summed E-state index contributed by atoms with van der Waals surface area (Å²) < 4.78 is 6.66. The molecule has 1 N–H and O–H groups in total. The molecule has 5 heteroatoms. The van der Waals surface area contributed by atoms with Crippen molar-refractivity contribution in [2.24, 2.45) is 0 Å². The Morgan fingerprint density at radius 2 is 2.37 bits per heavy atom. The molecule has 19 heavy (non-hydrogen) atoms. The average molecular weight is 328 g/mol. The minimum atomic E-state index is 0.369. The number of rotatable bonds is 5. The Bertz CT molecular complexity index is 414. The van der Waals surface area contributed by atoms with E-state index in [0.29, 0.717) is 6.04 Å². The third-order valence-electron chi connectivity index (χ3n) is 3.34. The third kappa shape index (κ3) is 3.91. The zero-order valence-corrected chi connectivity index (χ0v) is 13.2. The van der Waals surface area contributed by atoms with Crippen LogP contribution in [0.2, 0.25) is 0 Å². The van der Waals surface area contributed by atoms with E-state index in [-0.39, 0.29) is 0 Å². The van der Waals surface area contributed by atoms with E-state index < -0.39 is 0 Å². The number of nitrogens with zero attached hydrogens (tertiary/aromatic N) is 2. The first-order chi connectivity index (χ1) is 9.22. The quantitative estimate of drug-likeness (QED) is 0.842. The molecule has 1 aliphatic heterocycles. The molecule has 1 aromatic heterocycles. The summed E-state index contributed by atoms with van der Waals surface area (Å²) in [5, 5.41) is 3.47. The summed E-state index contributed by atoms with van der Waals surface area (Å²) in [6.45, 7) is 8.67. The number of hydrogen-bond acceptors (Lipinski definition) is 4. The molecule has 1 aromatic rings. The lowest BCUT2D eigenvalue weighted by Gasteiger charge is -2.36. The standard InChI is InChI=1S/C14H22BrN3O/c1-3-6-16-9-12-10-19-8-7-18(12)14-5-4-13(15)11(2)17-14/h4-5,12,16H,3,6-10H2,1-2H3. The van der Waals surface area contributed by atoms with E-state index in [1.807, 2.05) is 6.92 Å². The number of nitrogens with one attached hydrogen (secondary N) is 1. The van der Waals surface area contributed by atoms with Gasteiger partial charge in [0.2, 0.25) is 0 Å².